The van der Waals surface area contributed by atoms with Crippen molar-refractivity contribution in [2.45, 2.75) is 25.9 Å². The standard InChI is InChI=1S/C30H34N8O3S/c1-5-12-37-29(39)25-18-31-30(34-28(25)38(37)27-8-6-7-26(33-27)35-42(3,4)40)32-22-16-21-19-36(2)13-9-23(21)24(17-22)20-10-14-41-15-11-20/h5-8,10,16-18H,1,9,11-15,19H2,2-4H3,(H,31,32,34). The number of likely N-dealkylation sites (N-methyl/N-ethyl adjacent to an activating group) is 1. The van der Waals surface area contributed by atoms with Gasteiger partial charge in [-0.25, -0.2) is 23.5 Å². The number of pyridine rings is 1. The van der Waals surface area contributed by atoms with Gasteiger partial charge < -0.3 is 15.0 Å². The summed E-state index contributed by atoms with van der Waals surface area (Å²) in [4.78, 5) is 29.6. The van der Waals surface area contributed by atoms with Crippen molar-refractivity contribution in [2.24, 2.45) is 4.36 Å². The predicted molar refractivity (Wildman–Crippen MR) is 166 cm³/mol. The lowest BCUT2D eigenvalue weighted by molar-refractivity contribution is 0.161. The Hall–Kier alpha value is -4.13. The van der Waals surface area contributed by atoms with E-state index in [4.69, 9.17) is 9.72 Å². The van der Waals surface area contributed by atoms with E-state index < -0.39 is 9.73 Å². The van der Waals surface area contributed by atoms with Crippen molar-refractivity contribution < 1.29 is 8.95 Å². The number of allylic oxidation sites excluding steroid dienone is 1. The minimum atomic E-state index is -2.43. The van der Waals surface area contributed by atoms with E-state index in [1.54, 1.807) is 41.5 Å². The lowest BCUT2D eigenvalue weighted by atomic mass is 9.88. The molecule has 0 aliphatic carbocycles. The zero-order valence-corrected chi connectivity index (χ0v) is 24.9. The summed E-state index contributed by atoms with van der Waals surface area (Å²) in [5.41, 5.74) is 6.22. The SMILES string of the molecule is C=CCn1c(=O)c2cnc(Nc3cc4c(c(C5=CCOCC5)c3)CCN(C)C4)nc2n1-c1cccc(N=S(C)(C)=O)n1. The molecule has 0 atom stereocenters. The molecular weight excluding hydrogens is 552 g/mol. The summed E-state index contributed by atoms with van der Waals surface area (Å²) in [5, 5.41) is 3.75. The van der Waals surface area contributed by atoms with Crippen LogP contribution in [0.4, 0.5) is 17.5 Å². The van der Waals surface area contributed by atoms with E-state index in [-0.39, 0.29) is 12.1 Å². The highest BCUT2D eigenvalue weighted by Crippen LogP contribution is 2.34. The average molecular weight is 587 g/mol. The third kappa shape index (κ3) is 5.65. The minimum absolute atomic E-state index is 0.236. The van der Waals surface area contributed by atoms with E-state index in [1.807, 2.05) is 0 Å². The molecule has 12 heteroatoms. The molecule has 0 spiro atoms. The second-order valence-electron chi connectivity index (χ2n) is 10.9. The van der Waals surface area contributed by atoms with E-state index in [0.717, 1.165) is 31.6 Å². The van der Waals surface area contributed by atoms with Crippen LogP contribution in [0.3, 0.4) is 0 Å². The Labute approximate surface area is 244 Å². The zero-order chi connectivity index (χ0) is 29.4. The molecule has 6 rings (SSSR count). The molecule has 1 aromatic carbocycles. The van der Waals surface area contributed by atoms with Crippen LogP contribution < -0.4 is 10.9 Å². The molecule has 218 valence electrons. The fourth-order valence-electron chi connectivity index (χ4n) is 5.52. The van der Waals surface area contributed by atoms with Crippen LogP contribution in [0.1, 0.15) is 23.1 Å². The van der Waals surface area contributed by atoms with Crippen molar-refractivity contribution >= 4 is 43.8 Å². The molecule has 0 saturated carbocycles. The molecule has 3 aromatic heterocycles. The predicted octanol–water partition coefficient (Wildman–Crippen LogP) is 4.06. The normalized spacial score (nSPS) is 15.7. The van der Waals surface area contributed by atoms with Crippen molar-refractivity contribution in [3.05, 3.63) is 82.3 Å². The smallest absolute Gasteiger partial charge is 0.278 e. The van der Waals surface area contributed by atoms with Gasteiger partial charge in [0.05, 0.1) is 19.8 Å². The van der Waals surface area contributed by atoms with Crippen LogP contribution in [0.5, 0.6) is 0 Å². The number of fused-ring (bicyclic) bond motifs is 2. The van der Waals surface area contributed by atoms with E-state index in [0.29, 0.717) is 41.8 Å². The molecule has 5 heterocycles. The lowest BCUT2D eigenvalue weighted by Crippen LogP contribution is -2.27. The van der Waals surface area contributed by atoms with Gasteiger partial charge in [-0.15, -0.1) is 6.58 Å². The van der Waals surface area contributed by atoms with Gasteiger partial charge in [0, 0.05) is 47.2 Å². The molecule has 11 nitrogen and oxygen atoms in total. The zero-order valence-electron chi connectivity index (χ0n) is 24.0. The fraction of sp³-hybridized carbons (Fsp3) is 0.333. The van der Waals surface area contributed by atoms with Gasteiger partial charge in [0.2, 0.25) is 5.95 Å². The van der Waals surface area contributed by atoms with Crippen molar-refractivity contribution in [3.8, 4) is 5.82 Å². The Morgan fingerprint density at radius 2 is 2.07 bits per heavy atom. The van der Waals surface area contributed by atoms with Gasteiger partial charge in [0.1, 0.15) is 5.39 Å². The maximum Gasteiger partial charge on any atom is 0.278 e. The topological polar surface area (TPSA) is 120 Å². The van der Waals surface area contributed by atoms with Crippen LogP contribution in [0.2, 0.25) is 0 Å². The number of anilines is 2. The number of aromatic nitrogens is 5. The first-order valence-corrected chi connectivity index (χ1v) is 16.2. The summed E-state index contributed by atoms with van der Waals surface area (Å²) in [6.45, 7) is 7.27. The summed E-state index contributed by atoms with van der Waals surface area (Å²) in [5.74, 6) is 1.08. The van der Waals surface area contributed by atoms with E-state index in [2.05, 4.69) is 56.4 Å². The van der Waals surface area contributed by atoms with Crippen LogP contribution in [0.25, 0.3) is 22.4 Å². The minimum Gasteiger partial charge on any atom is -0.377 e. The third-order valence-corrected chi connectivity index (χ3v) is 7.95. The number of nitrogens with zero attached hydrogens (tertiary/aromatic N) is 7. The second kappa shape index (κ2) is 11.3. The first-order chi connectivity index (χ1) is 20.2. The molecule has 0 saturated heterocycles. The largest absolute Gasteiger partial charge is 0.377 e. The van der Waals surface area contributed by atoms with Crippen LogP contribution in [-0.2, 0) is 34.0 Å². The Kier molecular flexibility index (Phi) is 7.52. The fourth-order valence-corrected chi connectivity index (χ4v) is 6.07. The number of rotatable bonds is 7. The highest BCUT2D eigenvalue weighted by molar-refractivity contribution is 7.92. The maximum absolute atomic E-state index is 13.4. The van der Waals surface area contributed by atoms with Gasteiger partial charge >= 0.3 is 0 Å². The van der Waals surface area contributed by atoms with Crippen LogP contribution >= 0.6 is 0 Å². The van der Waals surface area contributed by atoms with Gasteiger partial charge in [-0.2, -0.15) is 9.35 Å². The number of nitrogens with one attached hydrogen (secondary N) is 1. The Morgan fingerprint density at radius 3 is 2.83 bits per heavy atom. The summed E-state index contributed by atoms with van der Waals surface area (Å²) >= 11 is 0. The number of benzene rings is 1. The molecule has 0 radical (unpaired) electrons. The summed E-state index contributed by atoms with van der Waals surface area (Å²) in [6, 6.07) is 9.53. The molecule has 42 heavy (non-hydrogen) atoms. The Morgan fingerprint density at radius 1 is 1.21 bits per heavy atom. The average Bonchev–Trinajstić information content (AvgIpc) is 3.22. The number of hydrogen-bond acceptors (Lipinski definition) is 9. The highest BCUT2D eigenvalue weighted by Gasteiger charge is 2.22. The van der Waals surface area contributed by atoms with E-state index >= 15 is 0 Å². The second-order valence-corrected chi connectivity index (χ2v) is 13.4. The van der Waals surface area contributed by atoms with Crippen LogP contribution in [0.15, 0.2) is 64.4 Å². The van der Waals surface area contributed by atoms with E-state index in [9.17, 15) is 9.00 Å². The van der Waals surface area contributed by atoms with Crippen LogP contribution in [0, 0.1) is 0 Å². The summed E-state index contributed by atoms with van der Waals surface area (Å²) in [7, 11) is -0.293. The first kappa shape index (κ1) is 28.0. The molecule has 0 unspecified atom stereocenters. The van der Waals surface area contributed by atoms with E-state index in [1.165, 1.54) is 33.1 Å². The maximum atomic E-state index is 13.4. The number of ether oxygens (including phenoxy) is 1. The third-order valence-electron chi connectivity index (χ3n) is 7.32. The molecule has 1 N–H and O–H groups in total. The van der Waals surface area contributed by atoms with Crippen molar-refractivity contribution in [1.29, 1.82) is 0 Å². The Balaban J connectivity index is 1.46. The molecule has 2 aliphatic rings. The van der Waals surface area contributed by atoms with Gasteiger partial charge in [0.15, 0.2) is 17.3 Å². The van der Waals surface area contributed by atoms with Gasteiger partial charge in [-0.3, -0.25) is 4.79 Å². The van der Waals surface area contributed by atoms with Gasteiger partial charge in [0.25, 0.3) is 5.56 Å². The van der Waals surface area contributed by atoms with Crippen molar-refractivity contribution in [2.75, 3.05) is 44.6 Å². The monoisotopic (exact) mass is 586 g/mol. The molecule has 0 amide bonds. The van der Waals surface area contributed by atoms with Crippen molar-refractivity contribution in [1.82, 2.24) is 29.2 Å². The molecule has 4 aromatic rings. The van der Waals surface area contributed by atoms with Gasteiger partial charge in [-0.05, 0) is 66.4 Å². The molecule has 0 fully saturated rings. The first-order valence-electron chi connectivity index (χ1n) is 13.8. The van der Waals surface area contributed by atoms with Gasteiger partial charge in [-0.1, -0.05) is 18.2 Å². The highest BCUT2D eigenvalue weighted by atomic mass is 32.2. The molecular formula is C30H34N8O3S. The molecule has 0 bridgehead atoms. The number of hydrogen-bond donors (Lipinski definition) is 1. The summed E-state index contributed by atoms with van der Waals surface area (Å²) < 4.78 is 25.3. The quantitative estimate of drug-likeness (QED) is 0.322. The lowest BCUT2D eigenvalue weighted by Gasteiger charge is -2.29. The van der Waals surface area contributed by atoms with Crippen molar-refractivity contribution in [3.63, 3.8) is 0 Å². The summed E-state index contributed by atoms with van der Waals surface area (Å²) in [6.07, 6.45) is 10.3. The Bertz CT molecular complexity index is 1910. The molecule has 2 aliphatic heterocycles. The van der Waals surface area contributed by atoms with Crippen LogP contribution in [-0.4, -0.2) is 72.7 Å².